The van der Waals surface area contributed by atoms with Crippen LogP contribution in [-0.2, 0) is 9.59 Å². The largest absolute Gasteiger partial charge is 0.299 e. The first-order chi connectivity index (χ1) is 6.27. The van der Waals surface area contributed by atoms with E-state index in [9.17, 15) is 9.59 Å². The molecule has 13 heavy (non-hydrogen) atoms. The first-order valence-corrected chi connectivity index (χ1v) is 5.33. The van der Waals surface area contributed by atoms with Gasteiger partial charge in [0.1, 0.15) is 11.6 Å². The number of carbonyl (C=O) groups excluding carboxylic acids is 2. The zero-order valence-electron chi connectivity index (χ0n) is 7.40. The third-order valence-corrected chi connectivity index (χ3v) is 5.03. The fourth-order valence-electron chi connectivity index (χ4n) is 4.79. The summed E-state index contributed by atoms with van der Waals surface area (Å²) in [5.41, 5.74) is 0. The summed E-state index contributed by atoms with van der Waals surface area (Å²) < 4.78 is 0. The van der Waals surface area contributed by atoms with Gasteiger partial charge in [-0.1, -0.05) is 0 Å². The molecule has 0 radical (unpaired) electrons. The van der Waals surface area contributed by atoms with Crippen LogP contribution in [0, 0.1) is 35.5 Å². The van der Waals surface area contributed by atoms with Crippen LogP contribution in [0.15, 0.2) is 0 Å². The second-order valence-electron chi connectivity index (χ2n) is 5.30. The van der Waals surface area contributed by atoms with Gasteiger partial charge in [0.15, 0.2) is 0 Å². The van der Waals surface area contributed by atoms with E-state index in [0.29, 0.717) is 35.2 Å². The van der Waals surface area contributed by atoms with Crippen LogP contribution in [-0.4, -0.2) is 11.6 Å². The third-order valence-electron chi connectivity index (χ3n) is 5.03. The molecule has 4 saturated carbocycles. The van der Waals surface area contributed by atoms with Crippen molar-refractivity contribution in [3.63, 3.8) is 0 Å². The minimum absolute atomic E-state index is 0.190. The maximum Gasteiger partial charge on any atom is 0.137 e. The lowest BCUT2D eigenvalue weighted by Crippen LogP contribution is -2.46. The lowest BCUT2D eigenvalue weighted by atomic mass is 9.59. The number of ketones is 2. The number of Topliss-reactive ketones (excluding diaryl/α,β-unsaturated/α-hetero) is 2. The van der Waals surface area contributed by atoms with Crippen LogP contribution in [0.3, 0.4) is 0 Å². The van der Waals surface area contributed by atoms with Gasteiger partial charge in [-0.25, -0.2) is 0 Å². The molecule has 0 heterocycles. The van der Waals surface area contributed by atoms with Crippen molar-refractivity contribution in [3.05, 3.63) is 0 Å². The number of hydrogen-bond acceptors (Lipinski definition) is 2. The molecule has 4 aliphatic rings. The fourth-order valence-corrected chi connectivity index (χ4v) is 4.79. The van der Waals surface area contributed by atoms with Gasteiger partial charge in [-0.3, -0.25) is 9.59 Å². The average molecular weight is 176 g/mol. The maximum absolute atomic E-state index is 11.6. The molecular weight excluding hydrogens is 164 g/mol. The van der Waals surface area contributed by atoms with Gasteiger partial charge in [0.05, 0.1) is 0 Å². The van der Waals surface area contributed by atoms with Gasteiger partial charge in [0, 0.05) is 24.7 Å². The van der Waals surface area contributed by atoms with Crippen molar-refractivity contribution in [2.24, 2.45) is 35.5 Å². The summed E-state index contributed by atoms with van der Waals surface area (Å²) in [5, 5.41) is 0. The Kier molecular flexibility index (Phi) is 0.907. The van der Waals surface area contributed by atoms with Crippen LogP contribution in [0.25, 0.3) is 0 Å². The molecule has 0 aliphatic heterocycles. The van der Waals surface area contributed by atoms with Crippen molar-refractivity contribution in [1.82, 2.24) is 0 Å². The van der Waals surface area contributed by atoms with Crippen molar-refractivity contribution in [3.8, 4) is 0 Å². The molecule has 4 fully saturated rings. The lowest BCUT2D eigenvalue weighted by molar-refractivity contribution is -0.139. The summed E-state index contributed by atoms with van der Waals surface area (Å²) >= 11 is 0. The first-order valence-electron chi connectivity index (χ1n) is 5.33. The lowest BCUT2D eigenvalue weighted by Gasteiger charge is -2.42. The average Bonchev–Trinajstić information content (AvgIpc) is 2.40. The Bertz CT molecular complexity index is 301. The predicted molar refractivity (Wildman–Crippen MR) is 44.8 cm³/mol. The SMILES string of the molecule is O=C1CC2CC3CC(=O)C4C1C2C34. The monoisotopic (exact) mass is 176 g/mol. The van der Waals surface area contributed by atoms with Crippen LogP contribution < -0.4 is 0 Å². The molecule has 6 atom stereocenters. The summed E-state index contributed by atoms with van der Waals surface area (Å²) in [6.07, 6.45) is 2.78. The summed E-state index contributed by atoms with van der Waals surface area (Å²) in [6, 6.07) is 0. The van der Waals surface area contributed by atoms with Crippen LogP contribution >= 0.6 is 0 Å². The van der Waals surface area contributed by atoms with Crippen molar-refractivity contribution >= 4 is 11.6 Å². The molecule has 68 valence electrons. The van der Waals surface area contributed by atoms with Crippen molar-refractivity contribution in [1.29, 1.82) is 0 Å². The summed E-state index contributed by atoms with van der Waals surface area (Å²) in [7, 11) is 0. The molecule has 4 aliphatic carbocycles. The van der Waals surface area contributed by atoms with E-state index in [0.717, 1.165) is 12.8 Å². The molecule has 0 saturated heterocycles. The van der Waals surface area contributed by atoms with Crippen LogP contribution in [0.4, 0.5) is 0 Å². The highest BCUT2D eigenvalue weighted by molar-refractivity contribution is 5.96. The highest BCUT2D eigenvalue weighted by Gasteiger charge is 2.71. The van der Waals surface area contributed by atoms with E-state index >= 15 is 0 Å². The molecule has 0 aromatic heterocycles. The first kappa shape index (κ1) is 6.74. The van der Waals surface area contributed by atoms with Gasteiger partial charge in [-0.05, 0) is 30.1 Å². The third kappa shape index (κ3) is 0.527. The van der Waals surface area contributed by atoms with E-state index in [1.165, 1.54) is 6.42 Å². The molecule has 6 unspecified atom stereocenters. The molecule has 0 spiro atoms. The molecular formula is C11H12O2. The van der Waals surface area contributed by atoms with E-state index in [4.69, 9.17) is 0 Å². The van der Waals surface area contributed by atoms with E-state index in [2.05, 4.69) is 0 Å². The Balaban J connectivity index is 1.86. The van der Waals surface area contributed by atoms with Gasteiger partial charge in [-0.15, -0.1) is 0 Å². The molecule has 0 bridgehead atoms. The summed E-state index contributed by atoms with van der Waals surface area (Å²) in [5.74, 6) is 3.84. The van der Waals surface area contributed by atoms with Crippen LogP contribution in [0.1, 0.15) is 19.3 Å². The smallest absolute Gasteiger partial charge is 0.137 e. The second kappa shape index (κ2) is 1.75. The van der Waals surface area contributed by atoms with Crippen molar-refractivity contribution in [2.45, 2.75) is 19.3 Å². The van der Waals surface area contributed by atoms with E-state index in [-0.39, 0.29) is 11.8 Å². The van der Waals surface area contributed by atoms with Gasteiger partial charge in [0.2, 0.25) is 0 Å². The number of carbonyl (C=O) groups is 2. The molecule has 4 rings (SSSR count). The molecule has 0 aromatic rings. The molecule has 2 nitrogen and oxygen atoms in total. The molecule has 0 aromatic carbocycles. The molecule has 0 N–H and O–H groups in total. The predicted octanol–water partition coefficient (Wildman–Crippen LogP) is 1.05. The van der Waals surface area contributed by atoms with Crippen molar-refractivity contribution in [2.75, 3.05) is 0 Å². The highest BCUT2D eigenvalue weighted by Crippen LogP contribution is 2.69. The van der Waals surface area contributed by atoms with E-state index in [1.54, 1.807) is 0 Å². The quantitative estimate of drug-likeness (QED) is 0.552. The van der Waals surface area contributed by atoms with E-state index < -0.39 is 0 Å². The van der Waals surface area contributed by atoms with Crippen molar-refractivity contribution < 1.29 is 9.59 Å². The number of fused-ring (bicyclic) bond motifs is 1. The summed E-state index contributed by atoms with van der Waals surface area (Å²) in [6.45, 7) is 0. The van der Waals surface area contributed by atoms with Gasteiger partial charge >= 0.3 is 0 Å². The highest BCUT2D eigenvalue weighted by atomic mass is 16.1. The topological polar surface area (TPSA) is 34.1 Å². The van der Waals surface area contributed by atoms with Gasteiger partial charge in [0.25, 0.3) is 0 Å². The number of hydrogen-bond donors (Lipinski definition) is 0. The van der Waals surface area contributed by atoms with Crippen LogP contribution in [0.2, 0.25) is 0 Å². The van der Waals surface area contributed by atoms with Crippen LogP contribution in [0.5, 0.6) is 0 Å². The Hall–Kier alpha value is -0.660. The van der Waals surface area contributed by atoms with E-state index in [1.807, 2.05) is 0 Å². The maximum atomic E-state index is 11.6. The number of rotatable bonds is 0. The Morgan fingerprint density at radius 3 is 1.77 bits per heavy atom. The fraction of sp³-hybridized carbons (Fsp3) is 0.818. The minimum atomic E-state index is 0.190. The normalized spacial score (nSPS) is 61.2. The molecule has 2 heteroatoms. The Labute approximate surface area is 76.7 Å². The minimum Gasteiger partial charge on any atom is -0.299 e. The van der Waals surface area contributed by atoms with Gasteiger partial charge < -0.3 is 0 Å². The zero-order chi connectivity index (χ0) is 8.74. The summed E-state index contributed by atoms with van der Waals surface area (Å²) in [4.78, 5) is 23.2. The van der Waals surface area contributed by atoms with Gasteiger partial charge in [-0.2, -0.15) is 0 Å². The molecule has 0 amide bonds. The standard InChI is InChI=1S/C11H12O2/c12-6-2-4-1-5-3-7(13)11-9(5)8(4)10(6)11/h4-5,8-11H,1-3H2. The Morgan fingerprint density at radius 1 is 0.846 bits per heavy atom. The Morgan fingerprint density at radius 2 is 1.31 bits per heavy atom. The second-order valence-corrected chi connectivity index (χ2v) is 5.30. The zero-order valence-corrected chi connectivity index (χ0v) is 7.40.